The fourth-order valence-electron chi connectivity index (χ4n) is 4.44. The Bertz CT molecular complexity index is 1120. The second-order valence-electron chi connectivity index (χ2n) is 7.62. The molecular weight excluding hydrogens is 392 g/mol. The van der Waals surface area contributed by atoms with E-state index in [9.17, 15) is 14.7 Å². The van der Waals surface area contributed by atoms with E-state index in [0.717, 1.165) is 11.1 Å². The van der Waals surface area contributed by atoms with Gasteiger partial charge in [-0.3, -0.25) is 9.59 Å². The number of halogens is 1. The molecule has 3 aliphatic rings. The Morgan fingerprint density at radius 1 is 1.14 bits per heavy atom. The van der Waals surface area contributed by atoms with Crippen molar-refractivity contribution in [2.75, 3.05) is 0 Å². The van der Waals surface area contributed by atoms with E-state index >= 15 is 0 Å². The molecule has 1 spiro atoms. The van der Waals surface area contributed by atoms with Crippen LogP contribution in [-0.2, 0) is 16.0 Å². The van der Waals surface area contributed by atoms with Crippen molar-refractivity contribution >= 4 is 29.2 Å². The van der Waals surface area contributed by atoms with E-state index in [1.807, 2.05) is 42.5 Å². The normalized spacial score (nSPS) is 26.9. The first kappa shape index (κ1) is 18.2. The first-order chi connectivity index (χ1) is 13.9. The number of para-hydroxylation sites is 2. The maximum absolute atomic E-state index is 13.3. The van der Waals surface area contributed by atoms with Gasteiger partial charge >= 0.3 is 0 Å². The molecule has 0 unspecified atom stereocenters. The van der Waals surface area contributed by atoms with E-state index in [2.05, 4.69) is 0 Å². The number of ether oxygens (including phenoxy) is 2. The van der Waals surface area contributed by atoms with E-state index in [0.29, 0.717) is 17.1 Å². The van der Waals surface area contributed by atoms with Crippen molar-refractivity contribution in [3.63, 3.8) is 0 Å². The molecule has 0 saturated carbocycles. The van der Waals surface area contributed by atoms with E-state index in [1.54, 1.807) is 12.1 Å². The Kier molecular flexibility index (Phi) is 3.79. The van der Waals surface area contributed by atoms with Crippen LogP contribution in [0.15, 0.2) is 64.9 Å². The van der Waals surface area contributed by atoms with Gasteiger partial charge in [-0.05, 0) is 30.7 Å². The summed E-state index contributed by atoms with van der Waals surface area (Å²) >= 11 is 6.39. The van der Waals surface area contributed by atoms with Crippen LogP contribution in [0.3, 0.4) is 0 Å². The summed E-state index contributed by atoms with van der Waals surface area (Å²) in [5.41, 5.74) is -1.60. The Balaban J connectivity index is 1.80. The molecule has 0 bridgehead atoms. The predicted molar refractivity (Wildman–Crippen MR) is 107 cm³/mol. The number of hydrogen-bond acceptors (Lipinski definition) is 5. The fraction of sp³-hybridized carbons (Fsp3) is 0.217. The number of benzene rings is 2. The Labute approximate surface area is 172 Å². The van der Waals surface area contributed by atoms with E-state index in [1.165, 1.54) is 6.92 Å². The summed E-state index contributed by atoms with van der Waals surface area (Å²) in [6.07, 6.45) is 1.62. The molecule has 0 amide bonds. The third-order valence-electron chi connectivity index (χ3n) is 5.75. The van der Waals surface area contributed by atoms with Crippen molar-refractivity contribution < 1.29 is 24.2 Å². The van der Waals surface area contributed by atoms with Crippen molar-refractivity contribution in [2.24, 2.45) is 0 Å². The summed E-state index contributed by atoms with van der Waals surface area (Å²) in [5, 5.41) is 11.4. The molecule has 2 heterocycles. The number of ketones is 2. The first-order valence-corrected chi connectivity index (χ1v) is 9.66. The Morgan fingerprint density at radius 2 is 1.83 bits per heavy atom. The van der Waals surface area contributed by atoms with Gasteiger partial charge in [-0.25, -0.2) is 0 Å². The van der Waals surface area contributed by atoms with Crippen LogP contribution in [-0.4, -0.2) is 27.9 Å². The molecule has 2 aromatic rings. The fourth-order valence-corrected chi connectivity index (χ4v) is 4.73. The van der Waals surface area contributed by atoms with Crippen molar-refractivity contribution in [3.8, 4) is 11.5 Å². The van der Waals surface area contributed by atoms with Crippen molar-refractivity contribution in [1.82, 2.24) is 0 Å². The van der Waals surface area contributed by atoms with E-state index in [-0.39, 0.29) is 23.0 Å². The van der Waals surface area contributed by atoms with Crippen LogP contribution < -0.4 is 9.47 Å². The van der Waals surface area contributed by atoms with Crippen molar-refractivity contribution in [3.05, 3.63) is 76.0 Å². The molecule has 0 fully saturated rings. The van der Waals surface area contributed by atoms with Crippen molar-refractivity contribution in [1.29, 1.82) is 0 Å². The third-order valence-corrected chi connectivity index (χ3v) is 6.10. The zero-order valence-electron chi connectivity index (χ0n) is 15.6. The van der Waals surface area contributed by atoms with Crippen LogP contribution >= 0.6 is 11.6 Å². The standard InChI is InChI=1S/C23H17ClO5/c1-13(25)11-22(27)21(26)19(24)20-16(10-14-6-2-4-8-17(14)28-20)23(22)12-15-7-3-5-9-18(15)29-23/h2-10,27H,11-12H2,1H3/t22-,23+/m1/s1. The number of rotatable bonds is 2. The highest BCUT2D eigenvalue weighted by Crippen LogP contribution is 2.55. The lowest BCUT2D eigenvalue weighted by molar-refractivity contribution is -0.160. The Morgan fingerprint density at radius 3 is 2.55 bits per heavy atom. The second-order valence-corrected chi connectivity index (χ2v) is 8.00. The van der Waals surface area contributed by atoms with Gasteiger partial charge in [0.25, 0.3) is 0 Å². The number of Topliss-reactive ketones (excluding diaryl/α,β-unsaturated/α-hetero) is 2. The molecule has 0 radical (unpaired) electrons. The second kappa shape index (κ2) is 6.05. The van der Waals surface area contributed by atoms with E-state index < -0.39 is 23.4 Å². The SMILES string of the molecule is CC(=O)C[C@@]1(O)C(=O)C(Cl)=C2Oc3ccccc3C=C2[C@@]12Cc1ccccc1O2. The summed E-state index contributed by atoms with van der Waals surface area (Å²) < 4.78 is 12.3. The molecule has 1 N–H and O–H groups in total. The monoisotopic (exact) mass is 408 g/mol. The zero-order chi connectivity index (χ0) is 20.4. The zero-order valence-corrected chi connectivity index (χ0v) is 16.3. The molecule has 0 saturated heterocycles. The van der Waals surface area contributed by atoms with Crippen molar-refractivity contribution in [2.45, 2.75) is 31.0 Å². The highest BCUT2D eigenvalue weighted by atomic mass is 35.5. The number of hydrogen-bond donors (Lipinski definition) is 1. The lowest BCUT2D eigenvalue weighted by atomic mass is 9.65. The lowest BCUT2D eigenvalue weighted by Gasteiger charge is -2.47. The third kappa shape index (κ3) is 2.38. The average Bonchev–Trinajstić information content (AvgIpc) is 3.11. The van der Waals surface area contributed by atoms with Crippen LogP contribution in [0.25, 0.3) is 6.08 Å². The predicted octanol–water partition coefficient (Wildman–Crippen LogP) is 3.58. The smallest absolute Gasteiger partial charge is 0.214 e. The average molecular weight is 409 g/mol. The van der Waals surface area contributed by atoms with Crippen LogP contribution in [0.4, 0.5) is 0 Å². The molecule has 2 aromatic carbocycles. The molecule has 2 atom stereocenters. The maximum Gasteiger partial charge on any atom is 0.214 e. The number of carbonyl (C=O) groups is 2. The van der Waals surface area contributed by atoms with Gasteiger partial charge in [-0.1, -0.05) is 48.0 Å². The summed E-state index contributed by atoms with van der Waals surface area (Å²) in [6, 6.07) is 14.7. The van der Waals surface area contributed by atoms with Gasteiger partial charge in [0.05, 0.1) is 0 Å². The minimum absolute atomic E-state index is 0.163. The van der Waals surface area contributed by atoms with Crippen LogP contribution in [0, 0.1) is 0 Å². The van der Waals surface area contributed by atoms with E-state index in [4.69, 9.17) is 21.1 Å². The molecule has 6 heteroatoms. The van der Waals surface area contributed by atoms with Gasteiger partial charge in [0, 0.05) is 24.0 Å². The first-order valence-electron chi connectivity index (χ1n) is 9.28. The highest BCUT2D eigenvalue weighted by Gasteiger charge is 2.67. The minimum Gasteiger partial charge on any atom is -0.478 e. The molecule has 1 aliphatic carbocycles. The molecule has 0 aromatic heterocycles. The number of fused-ring (bicyclic) bond motifs is 4. The van der Waals surface area contributed by atoms with Crippen LogP contribution in [0.5, 0.6) is 11.5 Å². The molecular formula is C23H17ClO5. The highest BCUT2D eigenvalue weighted by molar-refractivity contribution is 6.45. The number of carbonyl (C=O) groups excluding carboxylic acids is 2. The van der Waals surface area contributed by atoms with Gasteiger partial charge in [0.2, 0.25) is 5.78 Å². The van der Waals surface area contributed by atoms with Gasteiger partial charge in [-0.2, -0.15) is 0 Å². The van der Waals surface area contributed by atoms with Crippen LogP contribution in [0.2, 0.25) is 0 Å². The van der Waals surface area contributed by atoms with Gasteiger partial charge in [0.1, 0.15) is 22.3 Å². The molecule has 2 aliphatic heterocycles. The Hall–Kier alpha value is -2.89. The summed E-state index contributed by atoms with van der Waals surface area (Å²) in [4.78, 5) is 25.3. The quantitative estimate of drug-likeness (QED) is 0.822. The molecule has 5 nitrogen and oxygen atoms in total. The molecule has 146 valence electrons. The summed E-state index contributed by atoms with van der Waals surface area (Å²) in [6.45, 7) is 1.33. The summed E-state index contributed by atoms with van der Waals surface area (Å²) in [5.74, 6) is 0.162. The molecule has 29 heavy (non-hydrogen) atoms. The largest absolute Gasteiger partial charge is 0.478 e. The van der Waals surface area contributed by atoms with Gasteiger partial charge in [-0.15, -0.1) is 0 Å². The maximum atomic E-state index is 13.3. The lowest BCUT2D eigenvalue weighted by Crippen LogP contribution is -2.66. The van der Waals surface area contributed by atoms with Gasteiger partial charge < -0.3 is 14.6 Å². The van der Waals surface area contributed by atoms with Crippen LogP contribution in [0.1, 0.15) is 24.5 Å². The number of aliphatic hydroxyl groups is 1. The molecule has 5 rings (SSSR count). The topological polar surface area (TPSA) is 72.8 Å². The van der Waals surface area contributed by atoms with Gasteiger partial charge in [0.15, 0.2) is 17.0 Å². The summed E-state index contributed by atoms with van der Waals surface area (Å²) in [7, 11) is 0. The minimum atomic E-state index is -2.15.